The molecular weight excluding hydrogens is 418 g/mol. The molecular formula is C18H13ClF2O4S2. The fraction of sp³-hybridized carbons (Fsp3) is 0.278. The van der Waals surface area contributed by atoms with E-state index < -0.39 is 56.2 Å². The number of hydrogen-bond acceptors (Lipinski definition) is 4. The minimum atomic E-state index is -2.07. The zero-order valence-electron chi connectivity index (χ0n) is 13.7. The number of carbonyl (C=O) groups is 1. The van der Waals surface area contributed by atoms with Crippen molar-refractivity contribution >= 4 is 39.7 Å². The number of Topliss-reactive ketones (excluding diaryl/α,β-unsaturated/α-hetero) is 1. The molecule has 2 aromatic rings. The highest BCUT2D eigenvalue weighted by molar-refractivity contribution is 7.95. The van der Waals surface area contributed by atoms with Gasteiger partial charge in [0, 0.05) is 16.2 Å². The van der Waals surface area contributed by atoms with Crippen LogP contribution in [0, 0.1) is 17.6 Å². The number of fused-ring (bicyclic) bond motifs is 3. The predicted molar refractivity (Wildman–Crippen MR) is 97.8 cm³/mol. The Balaban J connectivity index is 1.98. The number of ether oxygens (including phenoxy) is 1. The van der Waals surface area contributed by atoms with E-state index in [1.807, 2.05) is 0 Å². The van der Waals surface area contributed by atoms with Crippen molar-refractivity contribution in [1.82, 2.24) is 0 Å². The van der Waals surface area contributed by atoms with E-state index in [9.17, 15) is 22.7 Å². The average molecular weight is 431 g/mol. The van der Waals surface area contributed by atoms with Crippen LogP contribution < -0.4 is 4.74 Å². The monoisotopic (exact) mass is 430 g/mol. The van der Waals surface area contributed by atoms with Crippen molar-refractivity contribution in [3.63, 3.8) is 0 Å². The van der Waals surface area contributed by atoms with Gasteiger partial charge in [0.2, 0.25) is 10.5 Å². The molecule has 4 atom stereocenters. The normalized spacial score (nSPS) is 28.1. The molecule has 9 heteroatoms. The van der Waals surface area contributed by atoms with Crippen LogP contribution in [0.2, 0.25) is 5.02 Å². The van der Waals surface area contributed by atoms with Crippen LogP contribution >= 0.6 is 11.6 Å². The van der Waals surface area contributed by atoms with Gasteiger partial charge in [0.1, 0.15) is 24.1 Å². The van der Waals surface area contributed by atoms with E-state index in [0.717, 1.165) is 12.1 Å². The fourth-order valence-corrected chi connectivity index (χ4v) is 7.31. The van der Waals surface area contributed by atoms with E-state index in [4.69, 9.17) is 16.3 Å². The summed E-state index contributed by atoms with van der Waals surface area (Å²) in [4.78, 5) is 13.4. The molecule has 0 N–H and O–H groups in total. The molecule has 27 heavy (non-hydrogen) atoms. The summed E-state index contributed by atoms with van der Waals surface area (Å²) < 4.78 is 58.4. The van der Waals surface area contributed by atoms with Crippen LogP contribution in [0.4, 0.5) is 8.78 Å². The summed E-state index contributed by atoms with van der Waals surface area (Å²) in [5, 5.41) is 0.408. The quantitative estimate of drug-likeness (QED) is 0.687. The van der Waals surface area contributed by atoms with Gasteiger partial charge in [0.25, 0.3) is 0 Å². The smallest absolute Gasteiger partial charge is 0.242 e. The number of hydrogen-bond donors (Lipinski definition) is 0. The number of halogens is 3. The van der Waals surface area contributed by atoms with Crippen molar-refractivity contribution in [3.8, 4) is 5.75 Å². The predicted octanol–water partition coefficient (Wildman–Crippen LogP) is 2.96. The maximum absolute atomic E-state index is 14.8. The summed E-state index contributed by atoms with van der Waals surface area (Å²) in [5.74, 6) is -3.92. The Bertz CT molecular complexity index is 911. The Morgan fingerprint density at radius 3 is 2.56 bits per heavy atom. The maximum Gasteiger partial charge on any atom is 0.242 e. The molecule has 0 aromatic heterocycles. The number of benzene rings is 2. The van der Waals surface area contributed by atoms with Gasteiger partial charge < -0.3 is 13.8 Å². The third-order valence-electron chi connectivity index (χ3n) is 4.85. The molecule has 2 aliphatic heterocycles. The summed E-state index contributed by atoms with van der Waals surface area (Å²) in [7, 11) is 0. The summed E-state index contributed by atoms with van der Waals surface area (Å²) in [6, 6.07) is 7.77. The fourth-order valence-electron chi connectivity index (χ4n) is 3.69. The van der Waals surface area contributed by atoms with Gasteiger partial charge >= 0.3 is 0 Å². The Kier molecular flexibility index (Phi) is 4.88. The molecule has 1 fully saturated rings. The molecule has 0 amide bonds. The Labute approximate surface area is 165 Å². The van der Waals surface area contributed by atoms with E-state index >= 15 is 0 Å². The first-order chi connectivity index (χ1) is 12.9. The number of ketones is 1. The molecule has 0 saturated carbocycles. The molecule has 0 radical (unpaired) electrons. The zero-order valence-corrected chi connectivity index (χ0v) is 16.1. The van der Waals surface area contributed by atoms with Gasteiger partial charge in [-0.1, -0.05) is 11.6 Å². The highest BCUT2D eigenvalue weighted by Gasteiger charge is 2.67. The van der Waals surface area contributed by atoms with E-state index in [-0.39, 0.29) is 28.6 Å². The van der Waals surface area contributed by atoms with Gasteiger partial charge in [-0.25, -0.2) is 8.78 Å². The Morgan fingerprint density at radius 2 is 1.85 bits per heavy atom. The molecule has 2 heterocycles. The lowest BCUT2D eigenvalue weighted by Gasteiger charge is -2.45. The van der Waals surface area contributed by atoms with E-state index in [1.54, 1.807) is 0 Å². The number of rotatable bonds is 2. The molecule has 4 nitrogen and oxygen atoms in total. The van der Waals surface area contributed by atoms with E-state index in [0.29, 0.717) is 5.02 Å². The van der Waals surface area contributed by atoms with Crippen LogP contribution in [-0.2, 0) is 31.9 Å². The maximum atomic E-state index is 14.8. The molecule has 2 aromatic carbocycles. The molecule has 142 valence electrons. The van der Waals surface area contributed by atoms with Crippen LogP contribution in [0.3, 0.4) is 0 Å². The average Bonchev–Trinajstić information content (AvgIpc) is 2.64. The van der Waals surface area contributed by atoms with Crippen molar-refractivity contribution in [1.29, 1.82) is 0 Å². The Morgan fingerprint density at radius 1 is 1.19 bits per heavy atom. The second-order valence-corrected chi connectivity index (χ2v) is 9.96. The van der Waals surface area contributed by atoms with Gasteiger partial charge in [-0.05, 0) is 47.6 Å². The molecule has 0 aliphatic carbocycles. The van der Waals surface area contributed by atoms with Gasteiger partial charge in [-0.15, -0.1) is 0 Å². The van der Waals surface area contributed by atoms with Gasteiger partial charge in [-0.2, -0.15) is 0 Å². The van der Waals surface area contributed by atoms with Crippen LogP contribution in [0.5, 0.6) is 5.75 Å². The molecule has 3 unspecified atom stereocenters. The van der Waals surface area contributed by atoms with Crippen LogP contribution in [-0.4, -0.2) is 33.0 Å². The SMILES string of the molecule is O=C1C[S+]([O-])CC2COc3c(F)ccc(F)c3[C@]12[S+]([O-])c1ccc(Cl)cc1. The first-order valence-corrected chi connectivity index (χ1v) is 11.0. The second-order valence-electron chi connectivity index (χ2n) is 6.37. The first kappa shape index (κ1) is 19.0. The van der Waals surface area contributed by atoms with Gasteiger partial charge in [0.05, 0.1) is 5.56 Å². The lowest BCUT2D eigenvalue weighted by atomic mass is 9.80. The van der Waals surface area contributed by atoms with Crippen molar-refractivity contribution in [2.75, 3.05) is 18.1 Å². The minimum Gasteiger partial charge on any atom is -0.616 e. The van der Waals surface area contributed by atoms with Crippen LogP contribution in [0.15, 0.2) is 41.3 Å². The lowest BCUT2D eigenvalue weighted by molar-refractivity contribution is -0.122. The van der Waals surface area contributed by atoms with E-state index in [1.165, 1.54) is 24.3 Å². The topological polar surface area (TPSA) is 72.4 Å². The summed E-state index contributed by atoms with van der Waals surface area (Å²) in [6.07, 6.45) is 0. The Hall–Kier alpha value is -1.32. The van der Waals surface area contributed by atoms with Gasteiger partial charge in [0.15, 0.2) is 22.2 Å². The third kappa shape index (κ3) is 2.86. The standard InChI is InChI=1S/C18H13ClF2O4S2/c19-11-1-3-12(4-2-11)27(24)18-10(8-26(23)9-15(18)22)7-25-17-14(21)6-5-13(20)16(17)18/h1-6,10H,7-9H2/t10?,18-,26?,27?/m1/s1. The summed E-state index contributed by atoms with van der Waals surface area (Å²) >= 11 is 2.33. The van der Waals surface area contributed by atoms with Crippen molar-refractivity contribution in [2.45, 2.75) is 9.64 Å². The molecule has 0 spiro atoms. The van der Waals surface area contributed by atoms with Crippen LogP contribution in [0.1, 0.15) is 5.56 Å². The minimum absolute atomic E-state index is 0.0143. The third-order valence-corrected chi connectivity index (χ3v) is 8.51. The van der Waals surface area contributed by atoms with Crippen molar-refractivity contribution in [3.05, 3.63) is 58.6 Å². The zero-order chi connectivity index (χ0) is 19.3. The van der Waals surface area contributed by atoms with Gasteiger partial charge in [-0.3, -0.25) is 4.79 Å². The first-order valence-electron chi connectivity index (χ1n) is 8.02. The largest absolute Gasteiger partial charge is 0.616 e. The highest BCUT2D eigenvalue weighted by atomic mass is 35.5. The van der Waals surface area contributed by atoms with Crippen molar-refractivity contribution < 1.29 is 27.4 Å². The number of carbonyl (C=O) groups excluding carboxylic acids is 1. The molecule has 4 rings (SSSR count). The van der Waals surface area contributed by atoms with Crippen LogP contribution in [0.25, 0.3) is 0 Å². The molecule has 0 bridgehead atoms. The lowest BCUT2D eigenvalue weighted by Crippen LogP contribution is -2.61. The van der Waals surface area contributed by atoms with E-state index in [2.05, 4.69) is 0 Å². The second kappa shape index (κ2) is 6.93. The summed E-state index contributed by atoms with van der Waals surface area (Å²) in [6.45, 7) is -0.176. The molecule has 2 aliphatic rings. The molecule has 1 saturated heterocycles. The van der Waals surface area contributed by atoms with Crippen molar-refractivity contribution in [2.24, 2.45) is 5.92 Å². The highest BCUT2D eigenvalue weighted by Crippen LogP contribution is 2.53. The summed E-state index contributed by atoms with van der Waals surface area (Å²) in [5.41, 5.74) is -0.353.